The Hall–Kier alpha value is -1.72. The van der Waals surface area contributed by atoms with Gasteiger partial charge in [-0.15, -0.1) is 13.2 Å². The lowest BCUT2D eigenvalue weighted by molar-refractivity contribution is -0.274. The molecule has 1 aliphatic rings. The minimum absolute atomic E-state index is 0.0932. The Morgan fingerprint density at radius 1 is 1.32 bits per heavy atom. The van der Waals surface area contributed by atoms with Crippen LogP contribution in [0.5, 0.6) is 5.75 Å². The first kappa shape index (κ1) is 13.7. The molecule has 0 saturated heterocycles. The Morgan fingerprint density at radius 3 is 2.37 bits per heavy atom. The predicted molar refractivity (Wildman–Crippen MR) is 62.3 cm³/mol. The van der Waals surface area contributed by atoms with Gasteiger partial charge in [0.1, 0.15) is 5.75 Å². The van der Waals surface area contributed by atoms with Gasteiger partial charge in [-0.1, -0.05) is 12.1 Å². The molecule has 1 aromatic carbocycles. The second-order valence-electron chi connectivity index (χ2n) is 4.66. The summed E-state index contributed by atoms with van der Waals surface area (Å²) in [5.74, 6) is -0.0270. The number of halogens is 3. The zero-order valence-corrected chi connectivity index (χ0v) is 10.4. The average molecular weight is 273 g/mol. The van der Waals surface area contributed by atoms with Gasteiger partial charge < -0.3 is 9.64 Å². The third-order valence-electron chi connectivity index (χ3n) is 2.88. The Bertz CT molecular complexity index is 452. The van der Waals surface area contributed by atoms with Gasteiger partial charge in [-0.3, -0.25) is 4.79 Å². The van der Waals surface area contributed by atoms with Crippen molar-refractivity contribution < 1.29 is 22.7 Å². The van der Waals surface area contributed by atoms with E-state index in [-0.39, 0.29) is 17.6 Å². The average Bonchev–Trinajstić information content (AvgIpc) is 3.12. The lowest BCUT2D eigenvalue weighted by Gasteiger charge is -2.17. The molecule has 1 amide bonds. The van der Waals surface area contributed by atoms with Crippen LogP contribution in [0, 0.1) is 5.92 Å². The van der Waals surface area contributed by atoms with Gasteiger partial charge in [0.25, 0.3) is 0 Å². The highest BCUT2D eigenvalue weighted by atomic mass is 19.4. The Kier molecular flexibility index (Phi) is 3.68. The maximum atomic E-state index is 12.0. The molecule has 0 unspecified atom stereocenters. The third-order valence-corrected chi connectivity index (χ3v) is 2.88. The zero-order valence-electron chi connectivity index (χ0n) is 10.4. The molecule has 6 heteroatoms. The van der Waals surface area contributed by atoms with Crippen LogP contribution in [0.15, 0.2) is 24.3 Å². The summed E-state index contributed by atoms with van der Waals surface area (Å²) in [7, 11) is 1.70. The molecular weight excluding hydrogens is 259 g/mol. The fourth-order valence-electron chi connectivity index (χ4n) is 1.79. The molecular formula is C13H14F3NO2. The van der Waals surface area contributed by atoms with E-state index in [0.29, 0.717) is 6.54 Å². The normalized spacial score (nSPS) is 15.2. The SMILES string of the molecule is CN(Cc1ccc(OC(F)(F)F)cc1)C(=O)C1CC1. The molecule has 0 N–H and O–H groups in total. The first-order valence-corrected chi connectivity index (χ1v) is 5.95. The van der Waals surface area contributed by atoms with Crippen LogP contribution in [0.1, 0.15) is 18.4 Å². The maximum Gasteiger partial charge on any atom is 0.573 e. The largest absolute Gasteiger partial charge is 0.573 e. The van der Waals surface area contributed by atoms with Gasteiger partial charge in [0.15, 0.2) is 0 Å². The molecule has 0 aliphatic heterocycles. The predicted octanol–water partition coefficient (Wildman–Crippen LogP) is 2.95. The first-order valence-electron chi connectivity index (χ1n) is 5.95. The summed E-state index contributed by atoms with van der Waals surface area (Å²) in [5, 5.41) is 0. The smallest absolute Gasteiger partial charge is 0.406 e. The van der Waals surface area contributed by atoms with Crippen molar-refractivity contribution in [1.82, 2.24) is 4.90 Å². The number of ether oxygens (including phenoxy) is 1. The van der Waals surface area contributed by atoms with Gasteiger partial charge in [-0.05, 0) is 30.5 Å². The highest BCUT2D eigenvalue weighted by Crippen LogP contribution is 2.31. The minimum Gasteiger partial charge on any atom is -0.406 e. The molecule has 3 nitrogen and oxygen atoms in total. The van der Waals surface area contributed by atoms with Crippen LogP contribution >= 0.6 is 0 Å². The van der Waals surface area contributed by atoms with Crippen LogP contribution in [-0.4, -0.2) is 24.2 Å². The third kappa shape index (κ3) is 4.15. The van der Waals surface area contributed by atoms with E-state index < -0.39 is 6.36 Å². The highest BCUT2D eigenvalue weighted by Gasteiger charge is 2.32. The summed E-state index contributed by atoms with van der Waals surface area (Å²) in [6.45, 7) is 0.391. The Labute approximate surface area is 109 Å². The lowest BCUT2D eigenvalue weighted by atomic mass is 10.2. The Balaban J connectivity index is 1.92. The molecule has 0 atom stereocenters. The molecule has 104 valence electrons. The molecule has 19 heavy (non-hydrogen) atoms. The zero-order chi connectivity index (χ0) is 14.0. The van der Waals surface area contributed by atoms with E-state index in [1.54, 1.807) is 11.9 Å². The summed E-state index contributed by atoms with van der Waals surface area (Å²) >= 11 is 0. The molecule has 0 radical (unpaired) electrons. The summed E-state index contributed by atoms with van der Waals surface area (Å²) in [4.78, 5) is 13.3. The number of rotatable bonds is 4. The van der Waals surface area contributed by atoms with Crippen molar-refractivity contribution in [3.8, 4) is 5.75 Å². The summed E-state index contributed by atoms with van der Waals surface area (Å²) in [5.41, 5.74) is 0.769. The molecule has 0 heterocycles. The van der Waals surface area contributed by atoms with E-state index in [9.17, 15) is 18.0 Å². The quantitative estimate of drug-likeness (QED) is 0.844. The number of alkyl halides is 3. The van der Waals surface area contributed by atoms with E-state index in [2.05, 4.69) is 4.74 Å². The van der Waals surface area contributed by atoms with E-state index in [1.165, 1.54) is 24.3 Å². The lowest BCUT2D eigenvalue weighted by Crippen LogP contribution is -2.27. The topological polar surface area (TPSA) is 29.5 Å². The molecule has 1 fully saturated rings. The number of hydrogen-bond acceptors (Lipinski definition) is 2. The number of hydrogen-bond donors (Lipinski definition) is 0. The van der Waals surface area contributed by atoms with E-state index in [4.69, 9.17) is 0 Å². The van der Waals surface area contributed by atoms with Crippen molar-refractivity contribution in [2.24, 2.45) is 5.92 Å². The van der Waals surface area contributed by atoms with Crippen molar-refractivity contribution >= 4 is 5.91 Å². The monoisotopic (exact) mass is 273 g/mol. The fourth-order valence-corrected chi connectivity index (χ4v) is 1.79. The van der Waals surface area contributed by atoms with Gasteiger partial charge >= 0.3 is 6.36 Å². The van der Waals surface area contributed by atoms with Crippen molar-refractivity contribution in [3.05, 3.63) is 29.8 Å². The standard InChI is InChI=1S/C13H14F3NO2/c1-17(12(18)10-4-5-10)8-9-2-6-11(7-3-9)19-13(14,15)16/h2-3,6-7,10H,4-5,8H2,1H3. The number of amides is 1. The van der Waals surface area contributed by atoms with Crippen LogP contribution in [-0.2, 0) is 11.3 Å². The van der Waals surface area contributed by atoms with Crippen LogP contribution < -0.4 is 4.74 Å². The second-order valence-corrected chi connectivity index (χ2v) is 4.66. The van der Waals surface area contributed by atoms with Crippen LogP contribution in [0.25, 0.3) is 0 Å². The molecule has 0 bridgehead atoms. The number of carbonyl (C=O) groups is 1. The molecule has 0 aromatic heterocycles. The molecule has 1 aliphatic carbocycles. The van der Waals surface area contributed by atoms with Crippen LogP contribution in [0.2, 0.25) is 0 Å². The summed E-state index contributed by atoms with van der Waals surface area (Å²) in [6.07, 6.45) is -2.82. The van der Waals surface area contributed by atoms with E-state index in [0.717, 1.165) is 18.4 Å². The summed E-state index contributed by atoms with van der Waals surface area (Å²) < 4.78 is 39.7. The van der Waals surface area contributed by atoms with Crippen molar-refractivity contribution in [2.75, 3.05) is 7.05 Å². The fraction of sp³-hybridized carbons (Fsp3) is 0.462. The minimum atomic E-state index is -4.68. The van der Waals surface area contributed by atoms with Gasteiger partial charge in [0.2, 0.25) is 5.91 Å². The maximum absolute atomic E-state index is 12.0. The molecule has 1 saturated carbocycles. The Morgan fingerprint density at radius 2 is 1.89 bits per heavy atom. The number of nitrogens with zero attached hydrogens (tertiary/aromatic N) is 1. The molecule has 1 aromatic rings. The van der Waals surface area contributed by atoms with E-state index in [1.807, 2.05) is 0 Å². The van der Waals surface area contributed by atoms with Gasteiger partial charge in [-0.2, -0.15) is 0 Å². The summed E-state index contributed by atoms with van der Waals surface area (Å²) in [6, 6.07) is 5.55. The van der Waals surface area contributed by atoms with Gasteiger partial charge in [0, 0.05) is 19.5 Å². The second kappa shape index (κ2) is 5.11. The van der Waals surface area contributed by atoms with Crippen molar-refractivity contribution in [1.29, 1.82) is 0 Å². The van der Waals surface area contributed by atoms with Crippen molar-refractivity contribution in [2.45, 2.75) is 25.7 Å². The van der Waals surface area contributed by atoms with Crippen LogP contribution in [0.4, 0.5) is 13.2 Å². The molecule has 0 spiro atoms. The number of benzene rings is 1. The van der Waals surface area contributed by atoms with E-state index >= 15 is 0 Å². The van der Waals surface area contributed by atoms with Crippen molar-refractivity contribution in [3.63, 3.8) is 0 Å². The first-order chi connectivity index (χ1) is 8.85. The molecule has 2 rings (SSSR count). The number of carbonyl (C=O) groups excluding carboxylic acids is 1. The van der Waals surface area contributed by atoms with Gasteiger partial charge in [0.05, 0.1) is 0 Å². The van der Waals surface area contributed by atoms with Gasteiger partial charge in [-0.25, -0.2) is 0 Å². The van der Waals surface area contributed by atoms with Crippen LogP contribution in [0.3, 0.4) is 0 Å². The highest BCUT2D eigenvalue weighted by molar-refractivity contribution is 5.80.